The van der Waals surface area contributed by atoms with Crippen LogP contribution in [0.25, 0.3) is 22.4 Å². The van der Waals surface area contributed by atoms with Crippen LogP contribution in [0.5, 0.6) is 11.5 Å². The minimum atomic E-state index is -0.248. The molecule has 0 atom stereocenters. The molecule has 4 rings (SSSR count). The van der Waals surface area contributed by atoms with Gasteiger partial charge in [0.05, 0.1) is 23.3 Å². The number of benzene rings is 2. The third-order valence-electron chi connectivity index (χ3n) is 4.14. The maximum atomic E-state index is 12.8. The number of hydrogen-bond acceptors (Lipinski definition) is 6. The monoisotopic (exact) mass is 447 g/mol. The predicted molar refractivity (Wildman–Crippen MR) is 116 cm³/mol. The normalized spacial score (nSPS) is 11.9. The molecule has 0 aliphatic rings. The molecule has 0 saturated heterocycles. The van der Waals surface area contributed by atoms with E-state index < -0.39 is 0 Å². The van der Waals surface area contributed by atoms with Crippen molar-refractivity contribution in [2.24, 2.45) is 0 Å². The van der Waals surface area contributed by atoms with Crippen molar-refractivity contribution in [1.29, 1.82) is 0 Å². The Hall–Kier alpha value is -2.61. The lowest BCUT2D eigenvalue weighted by atomic mass is 10.2. The smallest absolute Gasteiger partial charge is 0.291 e. The second kappa shape index (κ2) is 8.02. The predicted octanol–water partition coefficient (Wildman–Crippen LogP) is 4.08. The van der Waals surface area contributed by atoms with Gasteiger partial charge in [0.25, 0.3) is 5.56 Å². The van der Waals surface area contributed by atoms with Crippen LogP contribution in [0.4, 0.5) is 0 Å². The molecule has 9 heteroatoms. The molecule has 2 heterocycles. The number of rotatable bonds is 5. The maximum absolute atomic E-state index is 12.8. The van der Waals surface area contributed by atoms with Crippen LogP contribution in [0.15, 0.2) is 41.2 Å². The van der Waals surface area contributed by atoms with E-state index in [4.69, 9.17) is 32.7 Å². The van der Waals surface area contributed by atoms with Crippen LogP contribution < -0.4 is 19.6 Å². The minimum Gasteiger partial charge on any atom is -0.493 e. The van der Waals surface area contributed by atoms with Gasteiger partial charge >= 0.3 is 0 Å². The van der Waals surface area contributed by atoms with Crippen molar-refractivity contribution in [3.05, 3.63) is 66.9 Å². The lowest BCUT2D eigenvalue weighted by Gasteiger charge is -2.09. The Morgan fingerprint density at radius 1 is 1.17 bits per heavy atom. The average molecular weight is 448 g/mol. The zero-order valence-corrected chi connectivity index (χ0v) is 17.8. The van der Waals surface area contributed by atoms with Gasteiger partial charge in [-0.2, -0.15) is 9.50 Å². The SMILES string of the molecule is CCOc1ccc(/C=c2\sc3nc(-c4ccc(Cl)cc4Cl)nn3c2=O)cc1OC. The topological polar surface area (TPSA) is 65.7 Å². The molecule has 0 aliphatic heterocycles. The second-order valence-corrected chi connectivity index (χ2v) is 7.87. The Labute approximate surface area is 179 Å². The molecule has 0 aliphatic carbocycles. The van der Waals surface area contributed by atoms with E-state index in [0.29, 0.717) is 49.0 Å². The fourth-order valence-corrected chi connectivity index (χ4v) is 4.22. The fraction of sp³-hybridized carbons (Fsp3) is 0.150. The van der Waals surface area contributed by atoms with Crippen LogP contribution in [0.3, 0.4) is 0 Å². The van der Waals surface area contributed by atoms with Gasteiger partial charge in [-0.25, -0.2) is 0 Å². The number of ether oxygens (including phenoxy) is 2. The highest BCUT2D eigenvalue weighted by Gasteiger charge is 2.14. The standard InChI is InChI=1S/C20H15Cl2N3O3S/c1-3-28-15-7-4-11(8-16(15)27-2)9-17-19(26)25-20(29-17)23-18(24-25)13-6-5-12(21)10-14(13)22/h4-10H,3H2,1-2H3/b17-9-. The number of methoxy groups -OCH3 is 1. The number of aromatic nitrogens is 3. The van der Waals surface area contributed by atoms with Crippen molar-refractivity contribution >= 4 is 45.6 Å². The zero-order chi connectivity index (χ0) is 20.5. The first kappa shape index (κ1) is 19.7. The molecule has 0 radical (unpaired) electrons. The lowest BCUT2D eigenvalue weighted by Crippen LogP contribution is -2.23. The molecule has 0 spiro atoms. The molecule has 0 unspecified atom stereocenters. The zero-order valence-electron chi connectivity index (χ0n) is 15.5. The van der Waals surface area contributed by atoms with E-state index in [-0.39, 0.29) is 5.56 Å². The first-order valence-electron chi connectivity index (χ1n) is 8.67. The molecule has 0 amide bonds. The Morgan fingerprint density at radius 2 is 2.00 bits per heavy atom. The molecule has 148 valence electrons. The third-order valence-corrected chi connectivity index (χ3v) is 5.65. The summed E-state index contributed by atoms with van der Waals surface area (Å²) < 4.78 is 12.7. The highest BCUT2D eigenvalue weighted by atomic mass is 35.5. The summed E-state index contributed by atoms with van der Waals surface area (Å²) in [5.74, 6) is 1.64. The molecule has 0 bridgehead atoms. The van der Waals surface area contributed by atoms with E-state index in [1.165, 1.54) is 15.9 Å². The number of fused-ring (bicyclic) bond motifs is 1. The van der Waals surface area contributed by atoms with Crippen molar-refractivity contribution in [1.82, 2.24) is 14.6 Å². The van der Waals surface area contributed by atoms with Crippen LogP contribution in [-0.4, -0.2) is 28.3 Å². The second-order valence-electron chi connectivity index (χ2n) is 6.01. The number of halogens is 2. The summed E-state index contributed by atoms with van der Waals surface area (Å²) in [6.07, 6.45) is 1.77. The summed E-state index contributed by atoms with van der Waals surface area (Å²) in [6.45, 7) is 2.45. The molecule has 0 saturated carbocycles. The summed E-state index contributed by atoms with van der Waals surface area (Å²) in [4.78, 5) is 17.7. The Balaban J connectivity index is 1.75. The molecular weight excluding hydrogens is 433 g/mol. The molecule has 0 fully saturated rings. The highest BCUT2D eigenvalue weighted by molar-refractivity contribution is 7.15. The molecule has 2 aromatic heterocycles. The van der Waals surface area contributed by atoms with Crippen molar-refractivity contribution in [3.63, 3.8) is 0 Å². The van der Waals surface area contributed by atoms with Gasteiger partial charge in [-0.1, -0.05) is 40.6 Å². The van der Waals surface area contributed by atoms with E-state index in [0.717, 1.165) is 5.56 Å². The summed E-state index contributed by atoms with van der Waals surface area (Å²) in [7, 11) is 1.58. The molecule has 4 aromatic rings. The van der Waals surface area contributed by atoms with Crippen molar-refractivity contribution in [2.45, 2.75) is 6.92 Å². The minimum absolute atomic E-state index is 0.248. The van der Waals surface area contributed by atoms with Gasteiger partial charge in [-0.3, -0.25) is 4.79 Å². The first-order chi connectivity index (χ1) is 14.0. The number of nitrogens with zero attached hydrogens (tertiary/aromatic N) is 3. The molecule has 29 heavy (non-hydrogen) atoms. The Bertz CT molecular complexity index is 1320. The lowest BCUT2D eigenvalue weighted by molar-refractivity contribution is 0.311. The van der Waals surface area contributed by atoms with E-state index in [2.05, 4.69) is 10.1 Å². The Morgan fingerprint density at radius 3 is 2.69 bits per heavy atom. The number of thiazole rings is 1. The highest BCUT2D eigenvalue weighted by Crippen LogP contribution is 2.29. The summed E-state index contributed by atoms with van der Waals surface area (Å²) >= 11 is 13.4. The van der Waals surface area contributed by atoms with Crippen LogP contribution in [0, 0.1) is 0 Å². The molecule has 6 nitrogen and oxygen atoms in total. The van der Waals surface area contributed by atoms with Gasteiger partial charge in [0.2, 0.25) is 4.96 Å². The van der Waals surface area contributed by atoms with Gasteiger partial charge in [-0.05, 0) is 48.9 Å². The van der Waals surface area contributed by atoms with Gasteiger partial charge in [0, 0.05) is 10.6 Å². The fourth-order valence-electron chi connectivity index (χ4n) is 2.82. The Kier molecular flexibility index (Phi) is 5.45. The van der Waals surface area contributed by atoms with E-state index in [9.17, 15) is 4.79 Å². The molecule has 0 N–H and O–H groups in total. The van der Waals surface area contributed by atoms with Gasteiger partial charge in [0.15, 0.2) is 17.3 Å². The van der Waals surface area contributed by atoms with Gasteiger partial charge < -0.3 is 9.47 Å². The maximum Gasteiger partial charge on any atom is 0.291 e. The summed E-state index contributed by atoms with van der Waals surface area (Å²) in [5, 5.41) is 5.27. The van der Waals surface area contributed by atoms with Gasteiger partial charge in [-0.15, -0.1) is 5.10 Å². The van der Waals surface area contributed by atoms with Crippen LogP contribution in [-0.2, 0) is 0 Å². The van der Waals surface area contributed by atoms with Crippen molar-refractivity contribution < 1.29 is 9.47 Å². The quantitative estimate of drug-likeness (QED) is 0.461. The summed E-state index contributed by atoms with van der Waals surface area (Å²) in [5.41, 5.74) is 1.18. The van der Waals surface area contributed by atoms with Gasteiger partial charge in [0.1, 0.15) is 0 Å². The van der Waals surface area contributed by atoms with E-state index in [1.54, 1.807) is 31.4 Å². The van der Waals surface area contributed by atoms with Crippen molar-refractivity contribution in [2.75, 3.05) is 13.7 Å². The van der Waals surface area contributed by atoms with E-state index in [1.807, 2.05) is 25.1 Å². The number of hydrogen-bond donors (Lipinski definition) is 0. The molecular formula is C20H15Cl2N3O3S. The van der Waals surface area contributed by atoms with Crippen LogP contribution in [0.2, 0.25) is 10.0 Å². The van der Waals surface area contributed by atoms with E-state index >= 15 is 0 Å². The largest absolute Gasteiger partial charge is 0.493 e. The summed E-state index contributed by atoms with van der Waals surface area (Å²) in [6, 6.07) is 10.5. The molecule has 2 aromatic carbocycles. The van der Waals surface area contributed by atoms with Crippen molar-refractivity contribution in [3.8, 4) is 22.9 Å². The average Bonchev–Trinajstić information content (AvgIpc) is 3.22. The first-order valence-corrected chi connectivity index (χ1v) is 10.2. The van der Waals surface area contributed by atoms with Crippen LogP contribution >= 0.6 is 34.5 Å². The third kappa shape index (κ3) is 3.81. The van der Waals surface area contributed by atoms with Crippen LogP contribution in [0.1, 0.15) is 12.5 Å².